The van der Waals surface area contributed by atoms with Gasteiger partial charge in [0, 0.05) is 18.4 Å². The van der Waals surface area contributed by atoms with E-state index in [1.165, 1.54) is 16.1 Å². The van der Waals surface area contributed by atoms with Crippen LogP contribution in [-0.4, -0.2) is 13.5 Å². The van der Waals surface area contributed by atoms with Gasteiger partial charge < -0.3 is 9.13 Å². The number of hydrogen-bond acceptors (Lipinski definition) is 4. The molecule has 0 radical (unpaired) electrons. The van der Waals surface area contributed by atoms with Gasteiger partial charge in [0.15, 0.2) is 0 Å². The quantitative estimate of drug-likeness (QED) is 0.687. The molecule has 1 aliphatic carbocycles. The van der Waals surface area contributed by atoms with Gasteiger partial charge in [-0.25, -0.2) is 0 Å². The molecule has 2 aromatic heterocycles. The van der Waals surface area contributed by atoms with Crippen LogP contribution in [0.4, 0.5) is 0 Å². The van der Waals surface area contributed by atoms with E-state index in [2.05, 4.69) is 4.37 Å². The monoisotopic (exact) mass is 339 g/mol. The van der Waals surface area contributed by atoms with Crippen LogP contribution >= 0.6 is 11.5 Å². The fourth-order valence-corrected chi connectivity index (χ4v) is 3.65. The predicted octanol–water partition coefficient (Wildman–Crippen LogP) is 2.91. The van der Waals surface area contributed by atoms with Crippen molar-refractivity contribution >= 4 is 11.5 Å². The molecule has 0 bridgehead atoms. The largest absolute Gasteiger partial charge is 0.316 e. The third-order valence-corrected chi connectivity index (χ3v) is 5.38. The van der Waals surface area contributed by atoms with Crippen molar-refractivity contribution in [1.82, 2.24) is 13.5 Å². The first-order valence-corrected chi connectivity index (χ1v) is 8.82. The number of benzene rings is 1. The van der Waals surface area contributed by atoms with E-state index < -0.39 is 11.1 Å². The second-order valence-electron chi connectivity index (χ2n) is 6.08. The summed E-state index contributed by atoms with van der Waals surface area (Å²) >= 11 is 1.40. The molecule has 0 spiro atoms. The van der Waals surface area contributed by atoms with E-state index in [4.69, 9.17) is 0 Å². The molecule has 0 saturated heterocycles. The lowest BCUT2D eigenvalue weighted by Crippen LogP contribution is -2.43. The molecular weight excluding hydrogens is 322 g/mol. The Kier molecular flexibility index (Phi) is 3.90. The second kappa shape index (κ2) is 6.20. The maximum Gasteiger partial charge on any atom is 0.316 e. The predicted molar refractivity (Wildman–Crippen MR) is 94.5 cm³/mol. The summed E-state index contributed by atoms with van der Waals surface area (Å²) < 4.78 is 7.44. The third-order valence-electron chi connectivity index (χ3n) is 4.50. The molecule has 1 fully saturated rings. The molecule has 24 heavy (non-hydrogen) atoms. The summed E-state index contributed by atoms with van der Waals surface area (Å²) in [6, 6.07) is 12.2. The first-order valence-electron chi connectivity index (χ1n) is 8.05. The van der Waals surface area contributed by atoms with Crippen molar-refractivity contribution in [3.05, 3.63) is 75.2 Å². The van der Waals surface area contributed by atoms with Crippen LogP contribution in [0.1, 0.15) is 31.0 Å². The molecular formula is C18H17N3O2S. The van der Waals surface area contributed by atoms with Gasteiger partial charge in [0.25, 0.3) is 0 Å². The maximum atomic E-state index is 12.3. The third kappa shape index (κ3) is 2.73. The second-order valence-corrected chi connectivity index (χ2v) is 6.88. The van der Waals surface area contributed by atoms with E-state index in [0.717, 1.165) is 35.4 Å². The fourth-order valence-electron chi connectivity index (χ4n) is 2.90. The average Bonchev–Trinajstić information content (AvgIpc) is 3.02. The zero-order chi connectivity index (χ0) is 16.5. The van der Waals surface area contributed by atoms with Gasteiger partial charge in [-0.1, -0.05) is 30.3 Å². The number of aromatic nitrogens is 3. The van der Waals surface area contributed by atoms with Crippen molar-refractivity contribution in [2.45, 2.75) is 31.8 Å². The Hall–Kier alpha value is -2.47. The van der Waals surface area contributed by atoms with E-state index in [0.29, 0.717) is 6.54 Å². The Bertz CT molecular complexity index is 968. The van der Waals surface area contributed by atoms with Crippen molar-refractivity contribution in [3.63, 3.8) is 0 Å². The molecule has 2 heterocycles. The molecule has 0 amide bonds. The highest BCUT2D eigenvalue weighted by Crippen LogP contribution is 2.29. The summed E-state index contributed by atoms with van der Waals surface area (Å²) in [7, 11) is 0. The molecule has 0 aliphatic heterocycles. The van der Waals surface area contributed by atoms with Crippen molar-refractivity contribution in [2.24, 2.45) is 0 Å². The van der Waals surface area contributed by atoms with Crippen molar-refractivity contribution < 1.29 is 0 Å². The normalized spacial score (nSPS) is 14.5. The summed E-state index contributed by atoms with van der Waals surface area (Å²) in [6.45, 7) is 0.322. The molecule has 3 aromatic rings. The van der Waals surface area contributed by atoms with Crippen LogP contribution < -0.4 is 11.1 Å². The minimum Gasteiger partial charge on any atom is -0.306 e. The van der Waals surface area contributed by atoms with Crippen LogP contribution in [0.25, 0.3) is 10.4 Å². The molecule has 4 rings (SSSR count). The highest BCUT2D eigenvalue weighted by molar-refractivity contribution is 7.09. The van der Waals surface area contributed by atoms with Gasteiger partial charge in [-0.2, -0.15) is 4.37 Å². The fraction of sp³-hybridized carbons (Fsp3) is 0.278. The Morgan fingerprint density at radius 1 is 1.08 bits per heavy atom. The lowest BCUT2D eigenvalue weighted by molar-refractivity contribution is 0.303. The topological polar surface area (TPSA) is 56.9 Å². The zero-order valence-electron chi connectivity index (χ0n) is 13.1. The van der Waals surface area contributed by atoms with Crippen molar-refractivity contribution in [3.8, 4) is 10.4 Å². The first-order chi connectivity index (χ1) is 11.7. The summed E-state index contributed by atoms with van der Waals surface area (Å²) in [4.78, 5) is 25.6. The highest BCUT2D eigenvalue weighted by Gasteiger charge is 2.21. The summed E-state index contributed by atoms with van der Waals surface area (Å²) in [5.41, 5.74) is 0.995. The molecule has 1 aliphatic rings. The molecule has 1 saturated carbocycles. The van der Waals surface area contributed by atoms with E-state index in [-0.39, 0.29) is 6.04 Å². The van der Waals surface area contributed by atoms with Crippen molar-refractivity contribution in [1.29, 1.82) is 0 Å². The van der Waals surface area contributed by atoms with E-state index >= 15 is 0 Å². The van der Waals surface area contributed by atoms with Gasteiger partial charge in [0.05, 0.1) is 17.1 Å². The van der Waals surface area contributed by atoms with Gasteiger partial charge in [0.1, 0.15) is 0 Å². The number of hydrogen-bond donors (Lipinski definition) is 0. The smallest absolute Gasteiger partial charge is 0.306 e. The molecule has 122 valence electrons. The van der Waals surface area contributed by atoms with Crippen LogP contribution in [0, 0.1) is 0 Å². The summed E-state index contributed by atoms with van der Waals surface area (Å²) in [6.07, 6.45) is 6.52. The lowest BCUT2D eigenvalue weighted by atomic mass is 9.93. The molecule has 0 N–H and O–H groups in total. The molecule has 1 aromatic carbocycles. The van der Waals surface area contributed by atoms with Crippen LogP contribution in [-0.2, 0) is 6.54 Å². The Morgan fingerprint density at radius 2 is 1.88 bits per heavy atom. The van der Waals surface area contributed by atoms with Gasteiger partial charge in [0.2, 0.25) is 0 Å². The van der Waals surface area contributed by atoms with E-state index in [9.17, 15) is 9.59 Å². The average molecular weight is 339 g/mol. The summed E-state index contributed by atoms with van der Waals surface area (Å²) in [5, 5.41) is 0. The zero-order valence-corrected chi connectivity index (χ0v) is 13.9. The number of nitrogens with zero attached hydrogens (tertiary/aromatic N) is 3. The molecule has 5 nitrogen and oxygen atoms in total. The molecule has 6 heteroatoms. The lowest BCUT2D eigenvalue weighted by Gasteiger charge is -2.27. The maximum absolute atomic E-state index is 12.3. The minimum absolute atomic E-state index is 0.198. The van der Waals surface area contributed by atoms with Crippen LogP contribution in [0.5, 0.6) is 0 Å². The summed E-state index contributed by atoms with van der Waals surface area (Å²) in [5.74, 6) is 0. The number of rotatable bonds is 4. The standard InChI is InChI=1S/C18H17N3O2S/c22-17-18(23)21(15-7-4-8-15)10-9-20(17)12-14-11-16(24-19-14)13-5-2-1-3-6-13/h1-3,5-6,9-11,15H,4,7-8,12H2. The van der Waals surface area contributed by atoms with Gasteiger partial charge >= 0.3 is 11.1 Å². The van der Waals surface area contributed by atoms with Gasteiger partial charge in [-0.15, -0.1) is 0 Å². The van der Waals surface area contributed by atoms with Crippen molar-refractivity contribution in [2.75, 3.05) is 0 Å². The van der Waals surface area contributed by atoms with E-state index in [1.807, 2.05) is 36.4 Å². The van der Waals surface area contributed by atoms with Gasteiger partial charge in [-0.3, -0.25) is 9.59 Å². The SMILES string of the molecule is O=c1c(=O)n(C2CCC2)ccn1Cc1cc(-c2ccccc2)sn1. The minimum atomic E-state index is -0.473. The van der Waals surface area contributed by atoms with Crippen LogP contribution in [0.3, 0.4) is 0 Å². The first kappa shape index (κ1) is 15.1. The van der Waals surface area contributed by atoms with Gasteiger partial charge in [-0.05, 0) is 42.4 Å². The van der Waals surface area contributed by atoms with E-state index in [1.54, 1.807) is 17.0 Å². The Balaban J connectivity index is 1.60. The Labute approximate surface area is 143 Å². The Morgan fingerprint density at radius 3 is 2.58 bits per heavy atom. The van der Waals surface area contributed by atoms with Crippen LogP contribution in [0.15, 0.2) is 58.4 Å². The molecule has 0 unspecified atom stereocenters. The molecule has 0 atom stereocenters. The van der Waals surface area contributed by atoms with Crippen LogP contribution in [0.2, 0.25) is 0 Å². The highest BCUT2D eigenvalue weighted by atomic mass is 32.1.